The van der Waals surface area contributed by atoms with Gasteiger partial charge in [-0.2, -0.15) is 0 Å². The Kier molecular flexibility index (Phi) is 3.60. The van der Waals surface area contributed by atoms with Crippen molar-refractivity contribution in [3.8, 4) is 22.6 Å². The van der Waals surface area contributed by atoms with E-state index in [2.05, 4.69) is 11.4 Å². The fourth-order valence-corrected chi connectivity index (χ4v) is 2.84. The number of hydrogen-bond donors (Lipinski definition) is 1. The Morgan fingerprint density at radius 1 is 1.04 bits per heavy atom. The summed E-state index contributed by atoms with van der Waals surface area (Å²) in [6.45, 7) is 1.64. The first-order chi connectivity index (χ1) is 11.3. The van der Waals surface area contributed by atoms with Gasteiger partial charge in [0.1, 0.15) is 5.82 Å². The minimum absolute atomic E-state index is 0.244. The SMILES string of the molecule is Fc1ccc(-c2nc(-c3[c]cccc3)nc3c2CNCC3)cc1. The normalized spacial score (nSPS) is 13.6. The van der Waals surface area contributed by atoms with E-state index in [1.165, 1.54) is 12.1 Å². The van der Waals surface area contributed by atoms with Gasteiger partial charge < -0.3 is 5.32 Å². The van der Waals surface area contributed by atoms with Crippen molar-refractivity contribution in [3.05, 3.63) is 71.7 Å². The lowest BCUT2D eigenvalue weighted by Crippen LogP contribution is -2.26. The van der Waals surface area contributed by atoms with Gasteiger partial charge in [0.15, 0.2) is 5.82 Å². The Hall–Kier alpha value is -2.59. The molecule has 113 valence electrons. The Morgan fingerprint density at radius 3 is 2.70 bits per heavy atom. The molecule has 2 heterocycles. The van der Waals surface area contributed by atoms with Crippen LogP contribution in [0.3, 0.4) is 0 Å². The van der Waals surface area contributed by atoms with Crippen LogP contribution in [0.2, 0.25) is 0 Å². The van der Waals surface area contributed by atoms with Crippen molar-refractivity contribution >= 4 is 0 Å². The zero-order valence-electron chi connectivity index (χ0n) is 12.5. The van der Waals surface area contributed by atoms with E-state index in [1.807, 2.05) is 24.3 Å². The van der Waals surface area contributed by atoms with Crippen LogP contribution in [0.4, 0.5) is 4.39 Å². The highest BCUT2D eigenvalue weighted by atomic mass is 19.1. The smallest absolute Gasteiger partial charge is 0.160 e. The molecule has 2 aromatic carbocycles. The Morgan fingerprint density at radius 2 is 1.91 bits per heavy atom. The molecule has 3 nitrogen and oxygen atoms in total. The highest BCUT2D eigenvalue weighted by molar-refractivity contribution is 5.68. The standard InChI is InChI=1S/C19H15FN3/c20-15-8-6-13(7-9-15)18-16-12-21-11-10-17(16)22-19(23-18)14-4-2-1-3-5-14/h1-4,6-9,21H,10-12H2. The maximum Gasteiger partial charge on any atom is 0.160 e. The van der Waals surface area contributed by atoms with E-state index in [-0.39, 0.29) is 5.82 Å². The monoisotopic (exact) mass is 304 g/mol. The van der Waals surface area contributed by atoms with Gasteiger partial charge in [0, 0.05) is 36.2 Å². The molecule has 1 aliphatic rings. The number of aromatic nitrogens is 2. The predicted octanol–water partition coefficient (Wildman–Crippen LogP) is 3.40. The van der Waals surface area contributed by atoms with E-state index in [9.17, 15) is 4.39 Å². The van der Waals surface area contributed by atoms with Crippen LogP contribution in [0.1, 0.15) is 11.3 Å². The second-order valence-electron chi connectivity index (χ2n) is 5.53. The third-order valence-corrected chi connectivity index (χ3v) is 4.00. The van der Waals surface area contributed by atoms with Gasteiger partial charge in [0.2, 0.25) is 0 Å². The molecule has 23 heavy (non-hydrogen) atoms. The zero-order valence-corrected chi connectivity index (χ0v) is 12.5. The molecule has 0 bridgehead atoms. The molecule has 0 aliphatic carbocycles. The van der Waals surface area contributed by atoms with Gasteiger partial charge in [0.05, 0.1) is 11.4 Å². The number of hydrogen-bond acceptors (Lipinski definition) is 3. The lowest BCUT2D eigenvalue weighted by atomic mass is 9.99. The quantitative estimate of drug-likeness (QED) is 0.788. The molecule has 1 radical (unpaired) electrons. The molecule has 1 N–H and O–H groups in total. The summed E-state index contributed by atoms with van der Waals surface area (Å²) in [7, 11) is 0. The second kappa shape index (κ2) is 5.89. The average Bonchev–Trinajstić information content (AvgIpc) is 2.62. The van der Waals surface area contributed by atoms with Gasteiger partial charge in [-0.05, 0) is 30.3 Å². The molecule has 0 fully saturated rings. The molecule has 4 rings (SSSR count). The highest BCUT2D eigenvalue weighted by Crippen LogP contribution is 2.28. The number of nitrogens with zero attached hydrogens (tertiary/aromatic N) is 2. The van der Waals surface area contributed by atoms with Gasteiger partial charge in [-0.1, -0.05) is 24.3 Å². The maximum absolute atomic E-state index is 13.2. The largest absolute Gasteiger partial charge is 0.312 e. The summed E-state index contributed by atoms with van der Waals surface area (Å²) in [6, 6.07) is 17.3. The van der Waals surface area contributed by atoms with Crippen LogP contribution in [-0.4, -0.2) is 16.5 Å². The molecular formula is C19H15FN3. The summed E-state index contributed by atoms with van der Waals surface area (Å²) in [5, 5.41) is 3.36. The minimum atomic E-state index is -0.244. The summed E-state index contributed by atoms with van der Waals surface area (Å²) in [5.74, 6) is 0.428. The second-order valence-corrected chi connectivity index (χ2v) is 5.53. The Labute approximate surface area is 134 Å². The lowest BCUT2D eigenvalue weighted by molar-refractivity contribution is 0.626. The average molecular weight is 304 g/mol. The van der Waals surface area contributed by atoms with E-state index < -0.39 is 0 Å². The minimum Gasteiger partial charge on any atom is -0.312 e. The van der Waals surface area contributed by atoms with Crippen molar-refractivity contribution in [1.29, 1.82) is 0 Å². The highest BCUT2D eigenvalue weighted by Gasteiger charge is 2.19. The van der Waals surface area contributed by atoms with Gasteiger partial charge in [-0.15, -0.1) is 0 Å². The first-order valence-corrected chi connectivity index (χ1v) is 7.65. The molecule has 0 unspecified atom stereocenters. The topological polar surface area (TPSA) is 37.8 Å². The van der Waals surface area contributed by atoms with E-state index in [4.69, 9.17) is 9.97 Å². The molecule has 0 saturated carbocycles. The number of fused-ring (bicyclic) bond motifs is 1. The molecule has 0 spiro atoms. The first-order valence-electron chi connectivity index (χ1n) is 7.65. The zero-order chi connectivity index (χ0) is 15.6. The van der Waals surface area contributed by atoms with Crippen molar-refractivity contribution in [1.82, 2.24) is 15.3 Å². The van der Waals surface area contributed by atoms with Crippen molar-refractivity contribution in [2.24, 2.45) is 0 Å². The summed E-state index contributed by atoms with van der Waals surface area (Å²) in [6.07, 6.45) is 0.867. The third-order valence-electron chi connectivity index (χ3n) is 4.00. The van der Waals surface area contributed by atoms with Crippen LogP contribution < -0.4 is 5.32 Å². The van der Waals surface area contributed by atoms with Crippen LogP contribution in [0, 0.1) is 11.9 Å². The van der Waals surface area contributed by atoms with Crippen LogP contribution >= 0.6 is 0 Å². The molecule has 3 aromatic rings. The molecular weight excluding hydrogens is 289 g/mol. The van der Waals surface area contributed by atoms with E-state index in [0.29, 0.717) is 5.82 Å². The van der Waals surface area contributed by atoms with Gasteiger partial charge in [0.25, 0.3) is 0 Å². The third kappa shape index (κ3) is 2.73. The summed E-state index contributed by atoms with van der Waals surface area (Å²) < 4.78 is 13.2. The Bertz CT molecular complexity index is 829. The van der Waals surface area contributed by atoms with Crippen LogP contribution in [0.5, 0.6) is 0 Å². The van der Waals surface area contributed by atoms with Crippen LogP contribution in [-0.2, 0) is 13.0 Å². The van der Waals surface area contributed by atoms with Crippen molar-refractivity contribution in [3.63, 3.8) is 0 Å². The molecule has 0 amide bonds. The van der Waals surface area contributed by atoms with E-state index in [1.54, 1.807) is 12.1 Å². The van der Waals surface area contributed by atoms with Gasteiger partial charge in [-0.3, -0.25) is 0 Å². The summed E-state index contributed by atoms with van der Waals surface area (Å²) >= 11 is 0. The van der Waals surface area contributed by atoms with Gasteiger partial charge >= 0.3 is 0 Å². The van der Waals surface area contributed by atoms with Crippen LogP contribution in [0.25, 0.3) is 22.6 Å². The number of benzene rings is 2. The summed E-state index contributed by atoms with van der Waals surface area (Å²) in [5.41, 5.74) is 4.81. The molecule has 1 aliphatic heterocycles. The number of nitrogens with one attached hydrogen (secondary N) is 1. The fourth-order valence-electron chi connectivity index (χ4n) is 2.84. The molecule has 0 atom stereocenters. The fraction of sp³-hybridized carbons (Fsp3) is 0.158. The number of rotatable bonds is 2. The van der Waals surface area contributed by atoms with Crippen molar-refractivity contribution in [2.75, 3.05) is 6.54 Å². The van der Waals surface area contributed by atoms with Gasteiger partial charge in [-0.25, -0.2) is 14.4 Å². The molecule has 0 saturated heterocycles. The van der Waals surface area contributed by atoms with Crippen molar-refractivity contribution < 1.29 is 4.39 Å². The molecule has 1 aromatic heterocycles. The predicted molar refractivity (Wildman–Crippen MR) is 87.1 cm³/mol. The van der Waals surface area contributed by atoms with E-state index >= 15 is 0 Å². The maximum atomic E-state index is 13.2. The first kappa shape index (κ1) is 14.0. The molecule has 4 heteroatoms. The Balaban J connectivity index is 1.91. The van der Waals surface area contributed by atoms with Crippen LogP contribution in [0.15, 0.2) is 48.5 Å². The van der Waals surface area contributed by atoms with Crippen molar-refractivity contribution in [2.45, 2.75) is 13.0 Å². The number of halogens is 1. The van der Waals surface area contributed by atoms with E-state index in [0.717, 1.165) is 47.6 Å². The lowest BCUT2D eigenvalue weighted by Gasteiger charge is -2.20. The summed E-state index contributed by atoms with van der Waals surface area (Å²) in [4.78, 5) is 9.48.